The van der Waals surface area contributed by atoms with E-state index in [0.29, 0.717) is 18.9 Å². The van der Waals surface area contributed by atoms with Crippen LogP contribution in [0.25, 0.3) is 0 Å². The number of piperidine rings is 1. The molecule has 25 heavy (non-hydrogen) atoms. The molecule has 1 spiro atoms. The van der Waals surface area contributed by atoms with Gasteiger partial charge < -0.3 is 14.5 Å². The number of carbonyl (C=O) groups excluding carboxylic acids is 2. The summed E-state index contributed by atoms with van der Waals surface area (Å²) in [6, 6.07) is 5.65. The highest BCUT2D eigenvalue weighted by Gasteiger charge is 2.49. The molecule has 6 nitrogen and oxygen atoms in total. The van der Waals surface area contributed by atoms with E-state index in [1.165, 1.54) is 0 Å². The van der Waals surface area contributed by atoms with E-state index in [-0.39, 0.29) is 17.2 Å². The number of hydrogen-bond acceptors (Lipinski definition) is 4. The normalized spacial score (nSPS) is 22.4. The molecule has 136 valence electrons. The molecule has 1 aromatic heterocycles. The number of hydrogen-bond donors (Lipinski definition) is 0. The number of methoxy groups -OCH3 is 1. The number of carbonyl (C=O) groups is 2. The van der Waals surface area contributed by atoms with E-state index in [4.69, 9.17) is 4.74 Å². The smallest absolute Gasteiger partial charge is 0.228 e. The highest BCUT2D eigenvalue weighted by molar-refractivity contribution is 5.78. The van der Waals surface area contributed by atoms with Crippen molar-refractivity contribution in [1.82, 2.24) is 14.8 Å². The largest absolute Gasteiger partial charge is 0.384 e. The van der Waals surface area contributed by atoms with Crippen LogP contribution in [-0.4, -0.2) is 66.5 Å². The van der Waals surface area contributed by atoms with E-state index < -0.39 is 0 Å². The standard InChI is InChI=1S/C19H27N3O3/c1-15(23)22-12-16(13-25-2)19(14-22)6-9-21(10-7-19)18(24)11-17-5-3-4-8-20-17/h3-5,8,16H,6-7,9-14H2,1-2H3. The summed E-state index contributed by atoms with van der Waals surface area (Å²) in [5.74, 6) is 0.624. The average Bonchev–Trinajstić information content (AvgIpc) is 2.95. The maximum atomic E-state index is 12.5. The Morgan fingerprint density at radius 3 is 2.64 bits per heavy atom. The molecule has 3 rings (SSSR count). The van der Waals surface area contributed by atoms with E-state index in [1.807, 2.05) is 28.0 Å². The Kier molecular flexibility index (Phi) is 5.37. The van der Waals surface area contributed by atoms with Gasteiger partial charge in [0.05, 0.1) is 13.0 Å². The summed E-state index contributed by atoms with van der Waals surface area (Å²) in [7, 11) is 1.72. The molecule has 1 aromatic rings. The molecule has 0 saturated carbocycles. The zero-order valence-corrected chi connectivity index (χ0v) is 15.1. The molecular weight excluding hydrogens is 318 g/mol. The average molecular weight is 345 g/mol. The number of likely N-dealkylation sites (tertiary alicyclic amines) is 2. The summed E-state index contributed by atoms with van der Waals surface area (Å²) < 4.78 is 5.41. The van der Waals surface area contributed by atoms with E-state index in [2.05, 4.69) is 4.98 Å². The third-order valence-corrected chi connectivity index (χ3v) is 5.80. The van der Waals surface area contributed by atoms with Crippen molar-refractivity contribution in [1.29, 1.82) is 0 Å². The summed E-state index contributed by atoms with van der Waals surface area (Å²) in [6.45, 7) is 5.36. The van der Waals surface area contributed by atoms with Gasteiger partial charge in [0, 0.05) is 58.0 Å². The van der Waals surface area contributed by atoms with E-state index in [9.17, 15) is 9.59 Å². The lowest BCUT2D eigenvalue weighted by molar-refractivity contribution is -0.134. The first-order valence-corrected chi connectivity index (χ1v) is 8.96. The van der Waals surface area contributed by atoms with Gasteiger partial charge >= 0.3 is 0 Å². The first-order valence-electron chi connectivity index (χ1n) is 8.96. The summed E-state index contributed by atoms with van der Waals surface area (Å²) in [5, 5.41) is 0. The minimum atomic E-state index is 0.0868. The molecule has 2 saturated heterocycles. The van der Waals surface area contributed by atoms with Gasteiger partial charge in [-0.05, 0) is 30.4 Å². The fourth-order valence-corrected chi connectivity index (χ4v) is 4.24. The van der Waals surface area contributed by atoms with E-state index in [1.54, 1.807) is 20.2 Å². The van der Waals surface area contributed by atoms with Gasteiger partial charge in [-0.1, -0.05) is 6.07 Å². The van der Waals surface area contributed by atoms with Crippen molar-refractivity contribution < 1.29 is 14.3 Å². The molecule has 0 radical (unpaired) electrons. The fraction of sp³-hybridized carbons (Fsp3) is 0.632. The lowest BCUT2D eigenvalue weighted by atomic mass is 9.71. The van der Waals surface area contributed by atoms with Crippen LogP contribution in [0.1, 0.15) is 25.5 Å². The van der Waals surface area contributed by atoms with Crippen molar-refractivity contribution in [2.75, 3.05) is 39.9 Å². The molecule has 6 heteroatoms. The van der Waals surface area contributed by atoms with Crippen molar-refractivity contribution in [2.24, 2.45) is 11.3 Å². The number of nitrogens with zero attached hydrogens (tertiary/aromatic N) is 3. The van der Waals surface area contributed by atoms with Gasteiger partial charge in [-0.15, -0.1) is 0 Å². The maximum Gasteiger partial charge on any atom is 0.228 e. The zero-order valence-electron chi connectivity index (χ0n) is 15.1. The number of ether oxygens (including phenoxy) is 1. The maximum absolute atomic E-state index is 12.5. The first kappa shape index (κ1) is 17.9. The molecule has 1 unspecified atom stereocenters. The van der Waals surface area contributed by atoms with Crippen molar-refractivity contribution >= 4 is 11.8 Å². The molecule has 3 heterocycles. The van der Waals surface area contributed by atoms with Crippen molar-refractivity contribution in [3.63, 3.8) is 0 Å². The molecule has 2 aliphatic heterocycles. The third kappa shape index (κ3) is 3.84. The van der Waals surface area contributed by atoms with Gasteiger partial charge in [0.2, 0.25) is 11.8 Å². The highest BCUT2D eigenvalue weighted by atomic mass is 16.5. The minimum Gasteiger partial charge on any atom is -0.384 e. The molecule has 0 aliphatic carbocycles. The van der Waals surface area contributed by atoms with E-state index in [0.717, 1.165) is 44.7 Å². The van der Waals surface area contributed by atoms with Crippen LogP contribution in [0.3, 0.4) is 0 Å². The van der Waals surface area contributed by atoms with Gasteiger partial charge in [-0.25, -0.2) is 0 Å². The van der Waals surface area contributed by atoms with E-state index >= 15 is 0 Å². The molecule has 2 amide bonds. The molecule has 0 N–H and O–H groups in total. The van der Waals surface area contributed by atoms with Crippen LogP contribution in [-0.2, 0) is 20.7 Å². The van der Waals surface area contributed by atoms with Gasteiger partial charge in [0.1, 0.15) is 0 Å². The molecular formula is C19H27N3O3. The Morgan fingerprint density at radius 1 is 1.28 bits per heavy atom. The Hall–Kier alpha value is -1.95. The van der Waals surface area contributed by atoms with Crippen LogP contribution >= 0.6 is 0 Å². The number of amides is 2. The van der Waals surface area contributed by atoms with Crippen LogP contribution < -0.4 is 0 Å². The molecule has 2 fully saturated rings. The van der Waals surface area contributed by atoms with Crippen LogP contribution in [0.5, 0.6) is 0 Å². The highest BCUT2D eigenvalue weighted by Crippen LogP contribution is 2.44. The number of pyridine rings is 1. The second kappa shape index (κ2) is 7.52. The topological polar surface area (TPSA) is 62.7 Å². The van der Waals surface area contributed by atoms with Gasteiger partial charge in [0.15, 0.2) is 0 Å². The minimum absolute atomic E-state index is 0.0868. The number of rotatable bonds is 4. The summed E-state index contributed by atoms with van der Waals surface area (Å²) in [4.78, 5) is 32.5. The second-order valence-corrected chi connectivity index (χ2v) is 7.29. The summed E-state index contributed by atoms with van der Waals surface area (Å²) >= 11 is 0. The Labute approximate surface area is 149 Å². The zero-order chi connectivity index (χ0) is 17.9. The van der Waals surface area contributed by atoms with Crippen LogP contribution in [0, 0.1) is 11.3 Å². The van der Waals surface area contributed by atoms with Gasteiger partial charge in [-0.3, -0.25) is 14.6 Å². The molecule has 0 bridgehead atoms. The van der Waals surface area contributed by atoms with Crippen molar-refractivity contribution in [3.05, 3.63) is 30.1 Å². The Bertz CT molecular complexity index is 612. The summed E-state index contributed by atoms with van der Waals surface area (Å²) in [5.41, 5.74) is 0.900. The Balaban J connectivity index is 1.61. The second-order valence-electron chi connectivity index (χ2n) is 7.29. The SMILES string of the molecule is COCC1CN(C(C)=O)CC12CCN(C(=O)Cc1ccccn1)CC2. The lowest BCUT2D eigenvalue weighted by Gasteiger charge is -2.42. The van der Waals surface area contributed by atoms with Crippen molar-refractivity contribution in [3.8, 4) is 0 Å². The molecule has 2 aliphatic rings. The fourth-order valence-electron chi connectivity index (χ4n) is 4.24. The lowest BCUT2D eigenvalue weighted by Crippen LogP contribution is -2.47. The quantitative estimate of drug-likeness (QED) is 0.827. The monoisotopic (exact) mass is 345 g/mol. The Morgan fingerprint density at radius 2 is 2.04 bits per heavy atom. The number of aromatic nitrogens is 1. The molecule has 0 aromatic carbocycles. The summed E-state index contributed by atoms with van der Waals surface area (Å²) in [6.07, 6.45) is 3.93. The van der Waals surface area contributed by atoms with Crippen LogP contribution in [0.4, 0.5) is 0 Å². The van der Waals surface area contributed by atoms with Gasteiger partial charge in [0.25, 0.3) is 0 Å². The third-order valence-electron chi connectivity index (χ3n) is 5.80. The van der Waals surface area contributed by atoms with Gasteiger partial charge in [-0.2, -0.15) is 0 Å². The molecule has 1 atom stereocenters. The predicted octanol–water partition coefficient (Wildman–Crippen LogP) is 1.36. The first-order chi connectivity index (χ1) is 12.0. The van der Waals surface area contributed by atoms with Crippen molar-refractivity contribution in [2.45, 2.75) is 26.2 Å². The van der Waals surface area contributed by atoms with Crippen LogP contribution in [0.15, 0.2) is 24.4 Å². The predicted molar refractivity (Wildman–Crippen MR) is 93.8 cm³/mol. The van der Waals surface area contributed by atoms with Crippen LogP contribution in [0.2, 0.25) is 0 Å².